The maximum atomic E-state index is 12.5. The van der Waals surface area contributed by atoms with Crippen LogP contribution in [0.4, 0.5) is 5.69 Å². The van der Waals surface area contributed by atoms with Crippen LogP contribution in [0.25, 0.3) is 34.7 Å². The molecule has 0 radical (unpaired) electrons. The maximum absolute atomic E-state index is 12.5. The molecule has 1 aliphatic rings. The first-order valence-corrected chi connectivity index (χ1v) is 9.67. The van der Waals surface area contributed by atoms with Crippen LogP contribution >= 0.6 is 0 Å². The molecule has 5 rings (SSSR count). The van der Waals surface area contributed by atoms with Crippen LogP contribution < -0.4 is 14.8 Å². The molecule has 0 spiro atoms. The standard InChI is InChI=1S/C24H18N4O3/c1-31-17-4-7-21-19(14-17)20(24(29)25-21)12-16-2-5-18-22(26-27-23(18)13-16)6-3-15-8-10-28(30)11-9-15/h2-14H,1H3,(H,25,29)(H,26,27)/b6-3+,20-12+. The van der Waals surface area contributed by atoms with Gasteiger partial charge in [-0.25, -0.2) is 0 Å². The molecule has 0 atom stereocenters. The third kappa shape index (κ3) is 3.53. The van der Waals surface area contributed by atoms with Crippen LogP contribution in [0, 0.1) is 5.21 Å². The Hall–Kier alpha value is -4.39. The summed E-state index contributed by atoms with van der Waals surface area (Å²) in [6, 6.07) is 14.9. The van der Waals surface area contributed by atoms with Crippen LogP contribution in [0.3, 0.4) is 0 Å². The lowest BCUT2D eigenvalue weighted by Gasteiger charge is -2.03. The number of carbonyl (C=O) groups excluding carboxylic acids is 1. The van der Waals surface area contributed by atoms with Gasteiger partial charge < -0.3 is 15.3 Å². The Bertz CT molecular complexity index is 1370. The Morgan fingerprint density at radius 1 is 1.03 bits per heavy atom. The Kier molecular flexibility index (Phi) is 4.48. The highest BCUT2D eigenvalue weighted by Gasteiger charge is 2.24. The van der Waals surface area contributed by atoms with E-state index < -0.39 is 0 Å². The highest BCUT2D eigenvalue weighted by Crippen LogP contribution is 2.36. The fraction of sp³-hybridized carbons (Fsp3) is 0.0417. The van der Waals surface area contributed by atoms with E-state index in [9.17, 15) is 10.0 Å². The first kappa shape index (κ1) is 18.6. The van der Waals surface area contributed by atoms with Crippen LogP contribution in [-0.4, -0.2) is 23.2 Å². The molecule has 7 heteroatoms. The molecule has 0 bridgehead atoms. The molecule has 1 aliphatic heterocycles. The van der Waals surface area contributed by atoms with E-state index in [1.165, 1.54) is 12.4 Å². The third-order valence-corrected chi connectivity index (χ3v) is 5.20. The van der Waals surface area contributed by atoms with Gasteiger partial charge in [0.05, 0.1) is 18.3 Å². The molecule has 0 saturated carbocycles. The van der Waals surface area contributed by atoms with Crippen molar-refractivity contribution in [1.82, 2.24) is 10.2 Å². The number of nitrogens with zero attached hydrogens (tertiary/aromatic N) is 2. The van der Waals surface area contributed by atoms with Crippen LogP contribution in [0.15, 0.2) is 60.9 Å². The lowest BCUT2D eigenvalue weighted by Crippen LogP contribution is -2.23. The summed E-state index contributed by atoms with van der Waals surface area (Å²) in [5.41, 5.74) is 5.63. The number of carbonyl (C=O) groups is 1. The number of amides is 1. The minimum Gasteiger partial charge on any atom is -0.619 e. The monoisotopic (exact) mass is 410 g/mol. The highest BCUT2D eigenvalue weighted by atomic mass is 16.5. The summed E-state index contributed by atoms with van der Waals surface area (Å²) in [6.07, 6.45) is 8.57. The number of hydrogen-bond acceptors (Lipinski definition) is 4. The molecule has 0 fully saturated rings. The molecular weight excluding hydrogens is 392 g/mol. The van der Waals surface area contributed by atoms with Gasteiger partial charge in [-0.3, -0.25) is 9.89 Å². The molecular formula is C24H18N4O3. The number of aromatic amines is 1. The number of pyridine rings is 1. The normalized spacial score (nSPS) is 14.4. The number of benzene rings is 2. The summed E-state index contributed by atoms with van der Waals surface area (Å²) in [7, 11) is 1.60. The third-order valence-electron chi connectivity index (χ3n) is 5.20. The number of rotatable bonds is 4. The molecule has 0 unspecified atom stereocenters. The summed E-state index contributed by atoms with van der Waals surface area (Å²) in [4.78, 5) is 12.5. The quantitative estimate of drug-likeness (QED) is 0.303. The van der Waals surface area contributed by atoms with Crippen molar-refractivity contribution in [2.24, 2.45) is 0 Å². The van der Waals surface area contributed by atoms with Crippen molar-refractivity contribution in [1.29, 1.82) is 0 Å². The van der Waals surface area contributed by atoms with E-state index >= 15 is 0 Å². The molecule has 3 heterocycles. The molecule has 152 valence electrons. The van der Waals surface area contributed by atoms with Crippen molar-refractivity contribution < 1.29 is 14.3 Å². The Morgan fingerprint density at radius 2 is 1.87 bits per heavy atom. The first-order valence-electron chi connectivity index (χ1n) is 9.67. The molecule has 2 aromatic heterocycles. The smallest absolute Gasteiger partial charge is 0.256 e. The van der Waals surface area contributed by atoms with Crippen molar-refractivity contribution >= 4 is 46.3 Å². The van der Waals surface area contributed by atoms with E-state index in [1.54, 1.807) is 19.2 Å². The van der Waals surface area contributed by atoms with E-state index in [0.29, 0.717) is 11.3 Å². The molecule has 2 aromatic carbocycles. The summed E-state index contributed by atoms with van der Waals surface area (Å²) in [5.74, 6) is 0.559. The van der Waals surface area contributed by atoms with Crippen molar-refractivity contribution in [2.75, 3.05) is 12.4 Å². The number of fused-ring (bicyclic) bond motifs is 2. The number of ether oxygens (including phenoxy) is 1. The average Bonchev–Trinajstić information content (AvgIpc) is 3.33. The van der Waals surface area contributed by atoms with Crippen molar-refractivity contribution in [3.63, 3.8) is 0 Å². The Balaban J connectivity index is 1.47. The molecule has 4 aromatic rings. The zero-order valence-corrected chi connectivity index (χ0v) is 16.6. The fourth-order valence-corrected chi connectivity index (χ4v) is 3.59. The Morgan fingerprint density at radius 3 is 2.68 bits per heavy atom. The minimum absolute atomic E-state index is 0.140. The number of H-pyrrole nitrogens is 1. The fourth-order valence-electron chi connectivity index (χ4n) is 3.59. The van der Waals surface area contributed by atoms with Gasteiger partial charge in [-0.2, -0.15) is 9.83 Å². The highest BCUT2D eigenvalue weighted by molar-refractivity contribution is 6.35. The van der Waals surface area contributed by atoms with Gasteiger partial charge in [0, 0.05) is 34.3 Å². The van der Waals surface area contributed by atoms with E-state index in [0.717, 1.165) is 43.7 Å². The van der Waals surface area contributed by atoms with E-state index in [4.69, 9.17) is 4.74 Å². The molecule has 0 aliphatic carbocycles. The van der Waals surface area contributed by atoms with Crippen LogP contribution in [-0.2, 0) is 4.79 Å². The summed E-state index contributed by atoms with van der Waals surface area (Å²) >= 11 is 0. The van der Waals surface area contributed by atoms with Gasteiger partial charge in [0.15, 0.2) is 12.4 Å². The number of nitrogens with one attached hydrogen (secondary N) is 2. The van der Waals surface area contributed by atoms with E-state index in [-0.39, 0.29) is 5.91 Å². The SMILES string of the molecule is COc1ccc2c(c1)/C(=C\c1ccc3c(/C=C/c4cc[n+]([O-])cc4)n[nH]c3c1)C(=O)N2. The zero-order chi connectivity index (χ0) is 21.4. The predicted octanol–water partition coefficient (Wildman–Crippen LogP) is 3.87. The van der Waals surface area contributed by atoms with E-state index in [1.807, 2.05) is 54.6 Å². The maximum Gasteiger partial charge on any atom is 0.256 e. The van der Waals surface area contributed by atoms with Gasteiger partial charge in [0.2, 0.25) is 0 Å². The topological polar surface area (TPSA) is 93.9 Å². The van der Waals surface area contributed by atoms with Gasteiger partial charge >= 0.3 is 0 Å². The van der Waals surface area contributed by atoms with Gasteiger partial charge in [-0.1, -0.05) is 12.1 Å². The molecule has 1 amide bonds. The zero-order valence-electron chi connectivity index (χ0n) is 16.6. The number of anilines is 1. The second-order valence-electron chi connectivity index (χ2n) is 7.16. The van der Waals surface area contributed by atoms with Gasteiger partial charge in [-0.05, 0) is 53.6 Å². The van der Waals surface area contributed by atoms with Gasteiger partial charge in [-0.15, -0.1) is 0 Å². The van der Waals surface area contributed by atoms with E-state index in [2.05, 4.69) is 15.5 Å². The average molecular weight is 410 g/mol. The van der Waals surface area contributed by atoms with Crippen molar-refractivity contribution in [3.05, 3.63) is 88.5 Å². The van der Waals surface area contributed by atoms with Gasteiger partial charge in [0.1, 0.15) is 5.75 Å². The van der Waals surface area contributed by atoms with Crippen LogP contribution in [0.1, 0.15) is 22.4 Å². The van der Waals surface area contributed by atoms with Crippen molar-refractivity contribution in [3.8, 4) is 5.75 Å². The summed E-state index contributed by atoms with van der Waals surface area (Å²) in [6.45, 7) is 0. The second-order valence-corrected chi connectivity index (χ2v) is 7.16. The summed E-state index contributed by atoms with van der Waals surface area (Å²) < 4.78 is 6.04. The molecule has 0 saturated heterocycles. The van der Waals surface area contributed by atoms with Crippen LogP contribution in [0.5, 0.6) is 5.75 Å². The lowest BCUT2D eigenvalue weighted by atomic mass is 10.0. The predicted molar refractivity (Wildman–Crippen MR) is 120 cm³/mol. The first-order chi connectivity index (χ1) is 15.1. The van der Waals surface area contributed by atoms with Gasteiger partial charge in [0.25, 0.3) is 5.91 Å². The minimum atomic E-state index is -0.140. The van der Waals surface area contributed by atoms with Crippen LogP contribution in [0.2, 0.25) is 0 Å². The lowest BCUT2D eigenvalue weighted by molar-refractivity contribution is -0.605. The summed E-state index contributed by atoms with van der Waals surface area (Å²) in [5, 5.41) is 22.4. The van der Waals surface area contributed by atoms with Crippen molar-refractivity contribution in [2.45, 2.75) is 0 Å². The molecule has 7 nitrogen and oxygen atoms in total. The molecule has 31 heavy (non-hydrogen) atoms. The Labute approximate surface area is 177 Å². The molecule has 2 N–H and O–H groups in total. The largest absolute Gasteiger partial charge is 0.619 e. The number of aromatic nitrogens is 3. The number of methoxy groups -OCH3 is 1. The number of hydrogen-bond donors (Lipinski definition) is 2. The second kappa shape index (κ2) is 7.46.